The van der Waals surface area contributed by atoms with E-state index < -0.39 is 0 Å². The lowest BCUT2D eigenvalue weighted by Crippen LogP contribution is -2.19. The Balaban J connectivity index is 0.00000148. The lowest BCUT2D eigenvalue weighted by Gasteiger charge is -2.15. The van der Waals surface area contributed by atoms with Gasteiger partial charge in [-0.25, -0.2) is 0 Å². The van der Waals surface area contributed by atoms with Crippen LogP contribution in [0.4, 0.5) is 0 Å². The Bertz CT molecular complexity index is 1210. The number of ether oxygens (including phenoxy) is 4. The summed E-state index contributed by atoms with van der Waals surface area (Å²) in [5.74, 6) is 3.15. The van der Waals surface area contributed by atoms with Gasteiger partial charge in [0.1, 0.15) is 30.0 Å². The molecule has 0 bridgehead atoms. The Kier molecular flexibility index (Phi) is 8.37. The predicted molar refractivity (Wildman–Crippen MR) is 147 cm³/mol. The van der Waals surface area contributed by atoms with Gasteiger partial charge in [0.25, 0.3) is 0 Å². The third-order valence-electron chi connectivity index (χ3n) is 6.88. The maximum Gasteiger partial charge on any atom is 0.126 e. The first-order chi connectivity index (χ1) is 17.6. The molecule has 0 N–H and O–H groups in total. The van der Waals surface area contributed by atoms with E-state index in [1.165, 1.54) is 33.4 Å². The number of hydrogen-bond donors (Lipinski definition) is 0. The van der Waals surface area contributed by atoms with Gasteiger partial charge in [-0.2, -0.15) is 0 Å². The molecule has 3 aromatic rings. The average Bonchev–Trinajstić information content (AvgIpc) is 3.48. The summed E-state index contributed by atoms with van der Waals surface area (Å²) in [4.78, 5) is 0. The fraction of sp³-hybridized carbons (Fsp3) is 0.375. The molecule has 2 atom stereocenters. The van der Waals surface area contributed by atoms with Crippen LogP contribution in [0.1, 0.15) is 54.0 Å². The van der Waals surface area contributed by atoms with Crippen LogP contribution in [0.5, 0.6) is 17.2 Å². The number of aryl methyl sites for hydroxylation is 1. The lowest BCUT2D eigenvalue weighted by atomic mass is 9.90. The Morgan fingerprint density at radius 3 is 2.67 bits per heavy atom. The molecule has 3 aromatic carbocycles. The van der Waals surface area contributed by atoms with E-state index in [0.717, 1.165) is 35.7 Å². The number of allylic oxidation sites excluding steroid dienone is 1. The molecule has 2 heterocycles. The van der Waals surface area contributed by atoms with E-state index in [-0.39, 0.29) is 6.10 Å². The molecular formula is C32H38O4. The van der Waals surface area contributed by atoms with Crippen molar-refractivity contribution in [1.29, 1.82) is 0 Å². The van der Waals surface area contributed by atoms with Crippen molar-refractivity contribution >= 4 is 0 Å². The highest BCUT2D eigenvalue weighted by molar-refractivity contribution is 5.75. The first-order valence-corrected chi connectivity index (χ1v) is 13.0. The number of fused-ring (bicyclic) bond motifs is 2. The zero-order valence-corrected chi connectivity index (χ0v) is 22.2. The molecule has 2 aliphatic heterocycles. The molecule has 0 amide bonds. The van der Waals surface area contributed by atoms with Gasteiger partial charge in [-0.3, -0.25) is 0 Å². The SMILES string of the molecule is C=CCC1COc2cc(OCc3cccc(-c4c(C)cc5c(c4C)CC(COC)O5)c3)ccc21.CC. The minimum atomic E-state index is 0.0939. The van der Waals surface area contributed by atoms with Crippen LogP contribution < -0.4 is 14.2 Å². The molecule has 0 fully saturated rings. The van der Waals surface area contributed by atoms with E-state index in [0.29, 0.717) is 25.7 Å². The Morgan fingerprint density at radius 1 is 1.06 bits per heavy atom. The highest BCUT2D eigenvalue weighted by Gasteiger charge is 2.27. The van der Waals surface area contributed by atoms with Crippen LogP contribution in [0.15, 0.2) is 61.2 Å². The summed E-state index contributed by atoms with van der Waals surface area (Å²) < 4.78 is 23.4. The van der Waals surface area contributed by atoms with Crippen molar-refractivity contribution in [2.45, 2.75) is 59.2 Å². The van der Waals surface area contributed by atoms with Gasteiger partial charge in [0, 0.05) is 36.6 Å². The highest BCUT2D eigenvalue weighted by Crippen LogP contribution is 2.40. The molecular weight excluding hydrogens is 448 g/mol. The normalized spacial score (nSPS) is 17.2. The molecule has 4 heteroatoms. The second kappa shape index (κ2) is 11.7. The molecule has 4 nitrogen and oxygen atoms in total. The van der Waals surface area contributed by atoms with Crippen molar-refractivity contribution in [3.8, 4) is 28.4 Å². The second-order valence-electron chi connectivity index (χ2n) is 9.29. The molecule has 0 saturated carbocycles. The molecule has 2 unspecified atom stereocenters. The van der Waals surface area contributed by atoms with Crippen LogP contribution in [-0.2, 0) is 17.8 Å². The minimum absolute atomic E-state index is 0.0939. The summed E-state index contributed by atoms with van der Waals surface area (Å²) in [5.41, 5.74) is 8.66. The van der Waals surface area contributed by atoms with Crippen molar-refractivity contribution < 1.29 is 18.9 Å². The van der Waals surface area contributed by atoms with Crippen LogP contribution in [-0.4, -0.2) is 26.4 Å². The Labute approximate surface area is 215 Å². The largest absolute Gasteiger partial charge is 0.493 e. The van der Waals surface area contributed by atoms with Crippen LogP contribution in [0.25, 0.3) is 11.1 Å². The van der Waals surface area contributed by atoms with Crippen LogP contribution in [0.3, 0.4) is 0 Å². The van der Waals surface area contributed by atoms with Gasteiger partial charge in [-0.15, -0.1) is 6.58 Å². The summed E-state index contributed by atoms with van der Waals surface area (Å²) >= 11 is 0. The van der Waals surface area contributed by atoms with E-state index in [1.54, 1.807) is 7.11 Å². The smallest absolute Gasteiger partial charge is 0.126 e. The summed E-state index contributed by atoms with van der Waals surface area (Å²) in [6, 6.07) is 17.0. The molecule has 2 aliphatic rings. The zero-order valence-electron chi connectivity index (χ0n) is 22.2. The zero-order chi connectivity index (χ0) is 25.7. The van der Waals surface area contributed by atoms with Crippen molar-refractivity contribution in [1.82, 2.24) is 0 Å². The van der Waals surface area contributed by atoms with Crippen molar-refractivity contribution in [2.24, 2.45) is 0 Å². The predicted octanol–water partition coefficient (Wildman–Crippen LogP) is 7.58. The van der Waals surface area contributed by atoms with E-state index in [9.17, 15) is 0 Å². The standard InChI is InChI=1S/C30H32O4.C2H6/c1-5-7-23-17-33-28-15-24(10-11-26(23)28)32-16-21-8-6-9-22(13-21)30-19(2)12-29-27(20(30)3)14-25(34-29)18-31-4;1-2/h5-6,8-13,15,23,25H,1,7,14,16-18H2,2-4H3;1-2H3. The second-order valence-corrected chi connectivity index (χ2v) is 9.29. The monoisotopic (exact) mass is 486 g/mol. The first kappa shape index (κ1) is 25.8. The Morgan fingerprint density at radius 2 is 1.89 bits per heavy atom. The molecule has 5 rings (SSSR count). The summed E-state index contributed by atoms with van der Waals surface area (Å²) in [5, 5.41) is 0. The van der Waals surface area contributed by atoms with Gasteiger partial charge in [0.05, 0.1) is 13.2 Å². The average molecular weight is 487 g/mol. The fourth-order valence-corrected chi connectivity index (χ4v) is 5.24. The number of rotatable bonds is 8. The van der Waals surface area contributed by atoms with Crippen LogP contribution >= 0.6 is 0 Å². The van der Waals surface area contributed by atoms with Crippen LogP contribution in [0.2, 0.25) is 0 Å². The van der Waals surface area contributed by atoms with Crippen molar-refractivity contribution in [2.75, 3.05) is 20.3 Å². The summed E-state index contributed by atoms with van der Waals surface area (Å²) in [7, 11) is 1.72. The molecule has 0 aromatic heterocycles. The highest BCUT2D eigenvalue weighted by atomic mass is 16.5. The van der Waals surface area contributed by atoms with Crippen molar-refractivity contribution in [3.05, 3.63) is 89.0 Å². The molecule has 0 radical (unpaired) electrons. The minimum Gasteiger partial charge on any atom is -0.493 e. The van der Waals surface area contributed by atoms with E-state index >= 15 is 0 Å². The third-order valence-corrected chi connectivity index (χ3v) is 6.88. The summed E-state index contributed by atoms with van der Waals surface area (Å²) in [6.07, 6.45) is 3.87. The molecule has 0 aliphatic carbocycles. The number of hydrogen-bond acceptors (Lipinski definition) is 4. The van der Waals surface area contributed by atoms with Gasteiger partial charge >= 0.3 is 0 Å². The van der Waals surface area contributed by atoms with Gasteiger partial charge < -0.3 is 18.9 Å². The van der Waals surface area contributed by atoms with E-state index in [4.69, 9.17) is 18.9 Å². The molecule has 0 saturated heterocycles. The van der Waals surface area contributed by atoms with Gasteiger partial charge in [0.2, 0.25) is 0 Å². The quantitative estimate of drug-likeness (QED) is 0.308. The maximum atomic E-state index is 6.14. The Hall–Kier alpha value is -3.24. The van der Waals surface area contributed by atoms with Gasteiger partial charge in [0.15, 0.2) is 0 Å². The van der Waals surface area contributed by atoms with Crippen LogP contribution in [0, 0.1) is 13.8 Å². The topological polar surface area (TPSA) is 36.9 Å². The molecule has 36 heavy (non-hydrogen) atoms. The van der Waals surface area contributed by atoms with Gasteiger partial charge in [-0.1, -0.05) is 44.2 Å². The van der Waals surface area contributed by atoms with Gasteiger partial charge in [-0.05, 0) is 66.3 Å². The van der Waals surface area contributed by atoms with E-state index in [2.05, 4.69) is 56.8 Å². The van der Waals surface area contributed by atoms with Crippen molar-refractivity contribution in [3.63, 3.8) is 0 Å². The molecule has 190 valence electrons. The lowest BCUT2D eigenvalue weighted by molar-refractivity contribution is 0.0951. The summed E-state index contributed by atoms with van der Waals surface area (Å²) in [6.45, 7) is 14.0. The maximum absolute atomic E-state index is 6.14. The third kappa shape index (κ3) is 5.29. The fourth-order valence-electron chi connectivity index (χ4n) is 5.24. The van der Waals surface area contributed by atoms with E-state index in [1.807, 2.05) is 32.1 Å². The number of benzene rings is 3. The number of methoxy groups -OCH3 is 1. The molecule has 0 spiro atoms. The first-order valence-electron chi connectivity index (χ1n) is 13.0.